The number of hydrogen-bond acceptors (Lipinski definition) is 5. The van der Waals surface area contributed by atoms with E-state index >= 15 is 0 Å². The maximum absolute atomic E-state index is 12.3. The Morgan fingerprint density at radius 3 is 2.89 bits per heavy atom. The van der Waals surface area contributed by atoms with Crippen LogP contribution in [0.2, 0.25) is 0 Å². The molecule has 0 atom stereocenters. The molecule has 150 valence electrons. The number of rotatable bonds is 6. The van der Waals surface area contributed by atoms with Crippen molar-refractivity contribution in [2.45, 2.75) is 57.7 Å². The normalized spacial score (nSPS) is 28.0. The van der Waals surface area contributed by atoms with E-state index in [4.69, 9.17) is 9.84 Å². The van der Waals surface area contributed by atoms with Crippen LogP contribution >= 0.6 is 0 Å². The SMILES string of the molecule is CNCCN(C)Cc1nn2c(c1C1CCC3(CCNC3=O)CC1)COCC2. The van der Waals surface area contributed by atoms with Crippen molar-refractivity contribution in [3.8, 4) is 0 Å². The minimum Gasteiger partial charge on any atom is -0.373 e. The number of likely N-dealkylation sites (N-methyl/N-ethyl adjacent to an activating group) is 2. The summed E-state index contributed by atoms with van der Waals surface area (Å²) in [6.45, 7) is 5.97. The van der Waals surface area contributed by atoms with Gasteiger partial charge in [0.15, 0.2) is 0 Å². The molecule has 1 saturated carbocycles. The highest BCUT2D eigenvalue weighted by atomic mass is 16.5. The van der Waals surface area contributed by atoms with Crippen LogP contribution in [0, 0.1) is 5.41 Å². The molecule has 1 aromatic heterocycles. The van der Waals surface area contributed by atoms with Crippen LogP contribution in [0.25, 0.3) is 0 Å². The van der Waals surface area contributed by atoms with Crippen molar-refractivity contribution < 1.29 is 9.53 Å². The number of hydrogen-bond donors (Lipinski definition) is 2. The molecule has 2 aliphatic heterocycles. The highest BCUT2D eigenvalue weighted by Crippen LogP contribution is 2.48. The van der Waals surface area contributed by atoms with Crippen molar-refractivity contribution in [2.24, 2.45) is 5.41 Å². The fourth-order valence-corrected chi connectivity index (χ4v) is 5.10. The summed E-state index contributed by atoms with van der Waals surface area (Å²) in [4.78, 5) is 14.7. The van der Waals surface area contributed by atoms with E-state index in [1.807, 2.05) is 7.05 Å². The molecule has 3 heterocycles. The van der Waals surface area contributed by atoms with Gasteiger partial charge in [0.25, 0.3) is 0 Å². The molecule has 27 heavy (non-hydrogen) atoms. The number of amides is 1. The van der Waals surface area contributed by atoms with Crippen LogP contribution in [0.1, 0.15) is 55.0 Å². The second-order valence-corrected chi connectivity index (χ2v) is 8.48. The summed E-state index contributed by atoms with van der Waals surface area (Å²) in [7, 11) is 4.15. The third-order valence-electron chi connectivity index (χ3n) is 6.75. The lowest BCUT2D eigenvalue weighted by atomic mass is 9.68. The van der Waals surface area contributed by atoms with Crippen LogP contribution in [0.15, 0.2) is 0 Å². The Labute approximate surface area is 161 Å². The fraction of sp³-hybridized carbons (Fsp3) is 0.800. The van der Waals surface area contributed by atoms with Gasteiger partial charge in [0, 0.05) is 31.7 Å². The Morgan fingerprint density at radius 2 is 2.19 bits per heavy atom. The topological polar surface area (TPSA) is 71.4 Å². The second-order valence-electron chi connectivity index (χ2n) is 8.48. The van der Waals surface area contributed by atoms with Crippen LogP contribution in [0.5, 0.6) is 0 Å². The summed E-state index contributed by atoms with van der Waals surface area (Å²) in [5.74, 6) is 0.788. The van der Waals surface area contributed by atoms with Gasteiger partial charge < -0.3 is 15.4 Å². The molecule has 2 fully saturated rings. The van der Waals surface area contributed by atoms with Gasteiger partial charge in [0.1, 0.15) is 0 Å². The molecule has 0 radical (unpaired) electrons. The number of ether oxygens (including phenoxy) is 1. The zero-order chi connectivity index (χ0) is 18.9. The van der Waals surface area contributed by atoms with Crippen LogP contribution in [0.3, 0.4) is 0 Å². The first kappa shape index (κ1) is 18.9. The maximum atomic E-state index is 12.3. The van der Waals surface area contributed by atoms with E-state index in [0.29, 0.717) is 12.5 Å². The van der Waals surface area contributed by atoms with Crippen LogP contribution in [-0.4, -0.2) is 60.9 Å². The highest BCUT2D eigenvalue weighted by molar-refractivity contribution is 5.84. The van der Waals surface area contributed by atoms with Gasteiger partial charge in [0.05, 0.1) is 36.6 Å². The summed E-state index contributed by atoms with van der Waals surface area (Å²) >= 11 is 0. The number of carbonyl (C=O) groups excluding carboxylic acids is 1. The van der Waals surface area contributed by atoms with Gasteiger partial charge in [-0.25, -0.2) is 0 Å². The van der Waals surface area contributed by atoms with E-state index in [9.17, 15) is 4.79 Å². The molecule has 7 nitrogen and oxygen atoms in total. The molecule has 1 amide bonds. The number of nitrogens with zero attached hydrogens (tertiary/aromatic N) is 3. The van der Waals surface area contributed by atoms with Crippen LogP contribution in [0.4, 0.5) is 0 Å². The van der Waals surface area contributed by atoms with E-state index in [1.165, 1.54) is 17.0 Å². The highest BCUT2D eigenvalue weighted by Gasteiger charge is 2.45. The molecule has 4 rings (SSSR count). The summed E-state index contributed by atoms with van der Waals surface area (Å²) in [6, 6.07) is 0. The van der Waals surface area contributed by atoms with Crippen LogP contribution < -0.4 is 10.6 Å². The molecule has 1 saturated heterocycles. The number of nitrogens with one attached hydrogen (secondary N) is 2. The molecule has 2 N–H and O–H groups in total. The first-order valence-electron chi connectivity index (χ1n) is 10.4. The van der Waals surface area contributed by atoms with E-state index in [2.05, 4.69) is 27.3 Å². The number of aromatic nitrogens is 2. The Morgan fingerprint density at radius 1 is 1.37 bits per heavy atom. The molecule has 1 spiro atoms. The van der Waals surface area contributed by atoms with Gasteiger partial charge in [-0.3, -0.25) is 14.4 Å². The summed E-state index contributed by atoms with van der Waals surface area (Å²) < 4.78 is 7.95. The minimum absolute atomic E-state index is 0.0933. The Hall–Kier alpha value is -1.44. The van der Waals surface area contributed by atoms with Gasteiger partial charge >= 0.3 is 0 Å². The minimum atomic E-state index is -0.0933. The first-order chi connectivity index (χ1) is 13.1. The summed E-state index contributed by atoms with van der Waals surface area (Å²) in [5.41, 5.74) is 3.81. The first-order valence-corrected chi connectivity index (χ1v) is 10.4. The molecule has 1 aromatic rings. The number of carbonyl (C=O) groups is 1. The summed E-state index contributed by atoms with van der Waals surface area (Å²) in [5, 5.41) is 11.2. The van der Waals surface area contributed by atoms with E-state index < -0.39 is 0 Å². The zero-order valence-corrected chi connectivity index (χ0v) is 16.7. The third kappa shape index (κ3) is 3.65. The van der Waals surface area contributed by atoms with Crippen molar-refractivity contribution in [1.82, 2.24) is 25.3 Å². The van der Waals surface area contributed by atoms with Crippen molar-refractivity contribution in [2.75, 3.05) is 40.3 Å². The Bertz CT molecular complexity index is 678. The predicted molar refractivity (Wildman–Crippen MR) is 103 cm³/mol. The van der Waals surface area contributed by atoms with Gasteiger partial charge in [0.2, 0.25) is 5.91 Å². The van der Waals surface area contributed by atoms with Crippen molar-refractivity contribution >= 4 is 5.91 Å². The average Bonchev–Trinajstić information content (AvgIpc) is 3.21. The van der Waals surface area contributed by atoms with Gasteiger partial charge in [-0.1, -0.05) is 0 Å². The molecule has 0 bridgehead atoms. The Kier molecular flexibility index (Phi) is 5.53. The Balaban J connectivity index is 1.54. The molecule has 1 aliphatic carbocycles. The molecule has 0 unspecified atom stereocenters. The monoisotopic (exact) mass is 375 g/mol. The molecule has 3 aliphatic rings. The maximum Gasteiger partial charge on any atom is 0.226 e. The lowest BCUT2D eigenvalue weighted by Gasteiger charge is -2.35. The second kappa shape index (κ2) is 7.89. The lowest BCUT2D eigenvalue weighted by molar-refractivity contribution is -0.129. The fourth-order valence-electron chi connectivity index (χ4n) is 5.10. The predicted octanol–water partition coefficient (Wildman–Crippen LogP) is 1.23. The molecule has 7 heteroatoms. The van der Waals surface area contributed by atoms with E-state index in [1.54, 1.807) is 0 Å². The molecular formula is C20H33N5O2. The van der Waals surface area contributed by atoms with Crippen molar-refractivity contribution in [1.29, 1.82) is 0 Å². The molecular weight excluding hydrogens is 342 g/mol. The van der Waals surface area contributed by atoms with E-state index in [-0.39, 0.29) is 11.3 Å². The van der Waals surface area contributed by atoms with Gasteiger partial charge in [-0.05, 0) is 52.1 Å². The van der Waals surface area contributed by atoms with Gasteiger partial charge in [-0.2, -0.15) is 5.10 Å². The van der Waals surface area contributed by atoms with Crippen molar-refractivity contribution in [3.63, 3.8) is 0 Å². The van der Waals surface area contributed by atoms with Gasteiger partial charge in [-0.15, -0.1) is 0 Å². The lowest BCUT2D eigenvalue weighted by Crippen LogP contribution is -2.35. The molecule has 0 aromatic carbocycles. The van der Waals surface area contributed by atoms with E-state index in [0.717, 1.165) is 71.4 Å². The summed E-state index contributed by atoms with van der Waals surface area (Å²) in [6.07, 6.45) is 5.18. The van der Waals surface area contributed by atoms with Crippen LogP contribution in [-0.2, 0) is 29.2 Å². The zero-order valence-electron chi connectivity index (χ0n) is 16.7. The largest absolute Gasteiger partial charge is 0.373 e. The van der Waals surface area contributed by atoms with Crippen molar-refractivity contribution in [3.05, 3.63) is 17.0 Å². The smallest absolute Gasteiger partial charge is 0.226 e. The average molecular weight is 376 g/mol. The third-order valence-corrected chi connectivity index (χ3v) is 6.75. The standard InChI is InChI=1S/C20H33N5O2/c1-21-9-10-24(2)13-16-18(17-14-27-12-11-25(17)23-16)15-3-5-20(6-4-15)7-8-22-19(20)26/h15,21H,3-14H2,1-2H3,(H,22,26). The number of fused-ring (bicyclic) bond motifs is 1. The quantitative estimate of drug-likeness (QED) is 0.783.